The zero-order valence-electron chi connectivity index (χ0n) is 14.3. The van der Waals surface area contributed by atoms with Gasteiger partial charge < -0.3 is 14.0 Å². The summed E-state index contributed by atoms with van der Waals surface area (Å²) in [7, 11) is 0. The van der Waals surface area contributed by atoms with Crippen LogP contribution < -0.4 is 15.0 Å². The van der Waals surface area contributed by atoms with E-state index >= 15 is 0 Å². The van der Waals surface area contributed by atoms with Crippen LogP contribution >= 0.6 is 0 Å². The lowest BCUT2D eigenvalue weighted by Gasteiger charge is -2.18. The molecule has 8 heteroatoms. The van der Waals surface area contributed by atoms with Gasteiger partial charge in [0.25, 0.3) is 11.3 Å². The maximum atomic E-state index is 12.7. The van der Waals surface area contributed by atoms with Gasteiger partial charge in [-0.05, 0) is 37.1 Å². The quantitative estimate of drug-likeness (QED) is 0.544. The average molecular weight is 361 g/mol. The van der Waals surface area contributed by atoms with Gasteiger partial charge in [-0.2, -0.15) is 9.50 Å². The molecule has 4 heterocycles. The maximum absolute atomic E-state index is 12.7. The highest BCUT2D eigenvalue weighted by Crippen LogP contribution is 2.34. The molecule has 6 rings (SSSR count). The second kappa shape index (κ2) is 5.29. The fourth-order valence-corrected chi connectivity index (χ4v) is 3.48. The summed E-state index contributed by atoms with van der Waals surface area (Å²) in [5.41, 5.74) is 1.49. The molecule has 27 heavy (non-hydrogen) atoms. The van der Waals surface area contributed by atoms with Crippen LogP contribution in [-0.2, 0) is 0 Å². The highest BCUT2D eigenvalue weighted by molar-refractivity contribution is 5.79. The summed E-state index contributed by atoms with van der Waals surface area (Å²) in [6.45, 7) is 1.07. The van der Waals surface area contributed by atoms with Gasteiger partial charge in [-0.25, -0.2) is 4.98 Å². The molecule has 0 bridgehead atoms. The summed E-state index contributed by atoms with van der Waals surface area (Å²) in [5, 5.41) is 5.14. The third kappa shape index (κ3) is 2.22. The summed E-state index contributed by atoms with van der Waals surface area (Å²) >= 11 is 0. The number of hydrogen-bond donors (Lipinski definition) is 0. The van der Waals surface area contributed by atoms with Crippen LogP contribution in [0.5, 0.6) is 11.5 Å². The molecule has 0 spiro atoms. The normalized spacial score (nSPS) is 16.1. The number of nitrogens with zero attached hydrogens (tertiary/aromatic N) is 5. The smallest absolute Gasteiger partial charge is 0.261 e. The standard InChI is InChI=1S/C19H15N5O3/c25-18-13-10-20-19-21-17(11-1-4-15-16(9-11)27-8-7-26-15)22-24(19)14(13)5-6-23(18)12-2-3-12/h1,4-6,9-10,12H,2-3,7-8H2. The fraction of sp³-hybridized carbons (Fsp3) is 0.263. The first kappa shape index (κ1) is 14.7. The van der Waals surface area contributed by atoms with Crippen LogP contribution in [0.1, 0.15) is 18.9 Å². The number of pyridine rings is 1. The number of ether oxygens (including phenoxy) is 2. The Kier molecular flexibility index (Phi) is 2.88. The van der Waals surface area contributed by atoms with E-state index in [0.717, 1.165) is 24.2 Å². The van der Waals surface area contributed by atoms with Gasteiger partial charge >= 0.3 is 0 Å². The van der Waals surface area contributed by atoms with Gasteiger partial charge in [0.1, 0.15) is 13.2 Å². The number of rotatable bonds is 2. The molecule has 0 saturated heterocycles. The Morgan fingerprint density at radius 3 is 2.78 bits per heavy atom. The van der Waals surface area contributed by atoms with Gasteiger partial charge in [-0.3, -0.25) is 4.79 Å². The van der Waals surface area contributed by atoms with E-state index in [4.69, 9.17) is 9.47 Å². The van der Waals surface area contributed by atoms with Gasteiger partial charge in [0.2, 0.25) is 0 Å². The Morgan fingerprint density at radius 1 is 1.07 bits per heavy atom. The van der Waals surface area contributed by atoms with Crippen LogP contribution in [0.3, 0.4) is 0 Å². The molecule has 134 valence electrons. The zero-order valence-corrected chi connectivity index (χ0v) is 14.3. The first-order valence-corrected chi connectivity index (χ1v) is 8.94. The predicted octanol–water partition coefficient (Wildman–Crippen LogP) is 2.21. The highest BCUT2D eigenvalue weighted by atomic mass is 16.6. The fourth-order valence-electron chi connectivity index (χ4n) is 3.48. The molecule has 1 aliphatic carbocycles. The molecule has 0 unspecified atom stereocenters. The summed E-state index contributed by atoms with van der Waals surface area (Å²) in [6, 6.07) is 7.85. The van der Waals surface area contributed by atoms with Gasteiger partial charge in [0, 0.05) is 24.0 Å². The van der Waals surface area contributed by atoms with E-state index in [-0.39, 0.29) is 5.56 Å². The summed E-state index contributed by atoms with van der Waals surface area (Å²) in [5.74, 6) is 2.38. The van der Waals surface area contributed by atoms with Crippen LogP contribution in [-0.4, -0.2) is 37.4 Å². The molecule has 0 radical (unpaired) electrons. The van der Waals surface area contributed by atoms with Crippen LogP contribution in [0.25, 0.3) is 28.1 Å². The Bertz CT molecular complexity index is 1270. The van der Waals surface area contributed by atoms with Crippen molar-refractivity contribution < 1.29 is 9.47 Å². The van der Waals surface area contributed by atoms with Crippen LogP contribution in [0.15, 0.2) is 41.5 Å². The van der Waals surface area contributed by atoms with Crippen molar-refractivity contribution in [1.82, 2.24) is 24.1 Å². The van der Waals surface area contributed by atoms with Crippen LogP contribution in [0.4, 0.5) is 0 Å². The second-order valence-electron chi connectivity index (χ2n) is 6.82. The molecule has 1 aliphatic heterocycles. The molecule has 0 amide bonds. The van der Waals surface area contributed by atoms with Crippen molar-refractivity contribution in [2.45, 2.75) is 18.9 Å². The van der Waals surface area contributed by atoms with Crippen molar-refractivity contribution in [3.05, 3.63) is 47.0 Å². The summed E-state index contributed by atoms with van der Waals surface area (Å²) < 4.78 is 14.6. The predicted molar refractivity (Wildman–Crippen MR) is 97.2 cm³/mol. The van der Waals surface area contributed by atoms with Crippen molar-refractivity contribution in [1.29, 1.82) is 0 Å². The topological polar surface area (TPSA) is 83.5 Å². The van der Waals surface area contributed by atoms with E-state index < -0.39 is 0 Å². The van der Waals surface area contributed by atoms with Crippen molar-refractivity contribution >= 4 is 16.7 Å². The van der Waals surface area contributed by atoms with Crippen molar-refractivity contribution in [3.63, 3.8) is 0 Å². The second-order valence-corrected chi connectivity index (χ2v) is 6.82. The molecule has 1 aromatic carbocycles. The molecule has 0 N–H and O–H groups in total. The third-order valence-corrected chi connectivity index (χ3v) is 5.00. The van der Waals surface area contributed by atoms with E-state index in [1.165, 1.54) is 0 Å². The molecule has 8 nitrogen and oxygen atoms in total. The minimum absolute atomic E-state index is 0.0271. The molecule has 0 atom stereocenters. The van der Waals surface area contributed by atoms with Crippen LogP contribution in [0, 0.1) is 0 Å². The highest BCUT2D eigenvalue weighted by Gasteiger charge is 2.25. The van der Waals surface area contributed by atoms with E-state index in [9.17, 15) is 4.79 Å². The van der Waals surface area contributed by atoms with Crippen LogP contribution in [0.2, 0.25) is 0 Å². The summed E-state index contributed by atoms with van der Waals surface area (Å²) in [6.07, 6.45) is 5.54. The molecule has 1 fully saturated rings. The monoisotopic (exact) mass is 361 g/mol. The first-order chi connectivity index (χ1) is 13.3. The third-order valence-electron chi connectivity index (χ3n) is 5.00. The van der Waals surface area contributed by atoms with Crippen molar-refractivity contribution in [2.75, 3.05) is 13.2 Å². The van der Waals surface area contributed by atoms with E-state index in [1.807, 2.05) is 30.5 Å². The molecule has 3 aromatic heterocycles. The minimum Gasteiger partial charge on any atom is -0.486 e. The number of aromatic nitrogens is 5. The molecular weight excluding hydrogens is 346 g/mol. The van der Waals surface area contributed by atoms with Gasteiger partial charge in [-0.1, -0.05) is 0 Å². The molecular formula is C19H15N5O3. The zero-order chi connectivity index (χ0) is 18.0. The minimum atomic E-state index is -0.0271. The maximum Gasteiger partial charge on any atom is 0.261 e. The average Bonchev–Trinajstić information content (AvgIpc) is 3.45. The van der Waals surface area contributed by atoms with E-state index in [1.54, 1.807) is 15.3 Å². The largest absolute Gasteiger partial charge is 0.486 e. The van der Waals surface area contributed by atoms with Gasteiger partial charge in [-0.15, -0.1) is 5.10 Å². The lowest BCUT2D eigenvalue weighted by molar-refractivity contribution is 0.171. The van der Waals surface area contributed by atoms with Gasteiger partial charge in [0.05, 0.1) is 10.9 Å². The Morgan fingerprint density at radius 2 is 1.93 bits per heavy atom. The van der Waals surface area contributed by atoms with E-state index in [0.29, 0.717) is 47.5 Å². The Hall–Kier alpha value is -3.42. The molecule has 2 aliphatic rings. The SMILES string of the molecule is O=c1c2cnc3nc(-c4ccc5c(c4)OCCO5)nn3c2ccn1C1CC1. The Balaban J connectivity index is 1.52. The van der Waals surface area contributed by atoms with Crippen molar-refractivity contribution in [3.8, 4) is 22.9 Å². The van der Waals surface area contributed by atoms with Crippen molar-refractivity contribution in [2.24, 2.45) is 0 Å². The Labute approximate surface area is 153 Å². The first-order valence-electron chi connectivity index (χ1n) is 8.94. The van der Waals surface area contributed by atoms with Gasteiger partial charge in [0.15, 0.2) is 17.3 Å². The number of fused-ring (bicyclic) bond motifs is 4. The number of benzene rings is 1. The lowest BCUT2D eigenvalue weighted by Crippen LogP contribution is -2.19. The van der Waals surface area contributed by atoms with E-state index in [2.05, 4.69) is 15.1 Å². The molecule has 4 aromatic rings. The summed E-state index contributed by atoms with van der Waals surface area (Å²) in [4.78, 5) is 21.6. The molecule has 1 saturated carbocycles. The lowest BCUT2D eigenvalue weighted by atomic mass is 10.2. The number of hydrogen-bond acceptors (Lipinski definition) is 6.